The lowest BCUT2D eigenvalue weighted by Gasteiger charge is -2.07. The van der Waals surface area contributed by atoms with Crippen molar-refractivity contribution in [1.29, 1.82) is 0 Å². The molecule has 1 aromatic rings. The Morgan fingerprint density at radius 2 is 2.24 bits per heavy atom. The van der Waals surface area contributed by atoms with Crippen LogP contribution < -0.4 is 14.2 Å². The van der Waals surface area contributed by atoms with Gasteiger partial charge in [0.2, 0.25) is 12.5 Å². The molecule has 1 heterocycles. The second-order valence-corrected chi connectivity index (χ2v) is 3.51. The molecule has 1 aliphatic heterocycles. The lowest BCUT2D eigenvalue weighted by Crippen LogP contribution is -2.07. The molecular formula is C12H14O5. The van der Waals surface area contributed by atoms with E-state index in [-0.39, 0.29) is 19.2 Å². The predicted octanol–water partition coefficient (Wildman–Crippen LogP) is 1.53. The first-order chi connectivity index (χ1) is 8.24. The number of rotatable bonds is 4. The van der Waals surface area contributed by atoms with E-state index in [9.17, 15) is 4.79 Å². The van der Waals surface area contributed by atoms with Crippen LogP contribution in [-0.2, 0) is 16.0 Å². The average molecular weight is 238 g/mol. The number of carbonyl (C=O) groups excluding carboxylic acids is 1. The zero-order valence-electron chi connectivity index (χ0n) is 9.82. The summed E-state index contributed by atoms with van der Waals surface area (Å²) in [5.41, 5.74) is 0.782. The van der Waals surface area contributed by atoms with Gasteiger partial charge in [0.15, 0.2) is 11.5 Å². The van der Waals surface area contributed by atoms with Crippen molar-refractivity contribution in [3.63, 3.8) is 0 Å². The summed E-state index contributed by atoms with van der Waals surface area (Å²) in [7, 11) is 1.55. The minimum absolute atomic E-state index is 0.175. The summed E-state index contributed by atoms with van der Waals surface area (Å²) in [5, 5.41) is 0. The van der Waals surface area contributed by atoms with E-state index in [1.165, 1.54) is 0 Å². The molecule has 0 amide bonds. The summed E-state index contributed by atoms with van der Waals surface area (Å²) in [6, 6.07) is 3.52. The molecule has 5 nitrogen and oxygen atoms in total. The lowest BCUT2D eigenvalue weighted by atomic mass is 10.1. The quantitative estimate of drug-likeness (QED) is 0.744. The summed E-state index contributed by atoms with van der Waals surface area (Å²) in [5.74, 6) is 1.48. The Kier molecular flexibility index (Phi) is 3.37. The van der Waals surface area contributed by atoms with Crippen LogP contribution in [0.1, 0.15) is 12.5 Å². The molecule has 0 saturated carbocycles. The van der Waals surface area contributed by atoms with Gasteiger partial charge in [0.25, 0.3) is 0 Å². The number of carbonyl (C=O) groups is 1. The van der Waals surface area contributed by atoms with Gasteiger partial charge in [-0.2, -0.15) is 0 Å². The van der Waals surface area contributed by atoms with Crippen molar-refractivity contribution in [3.05, 3.63) is 17.7 Å². The topological polar surface area (TPSA) is 54.0 Å². The van der Waals surface area contributed by atoms with E-state index in [0.29, 0.717) is 23.9 Å². The molecule has 2 rings (SSSR count). The molecule has 1 aromatic carbocycles. The van der Waals surface area contributed by atoms with Crippen molar-refractivity contribution >= 4 is 5.97 Å². The average Bonchev–Trinajstić information content (AvgIpc) is 2.76. The van der Waals surface area contributed by atoms with Crippen molar-refractivity contribution in [3.8, 4) is 17.2 Å². The van der Waals surface area contributed by atoms with Gasteiger partial charge in [0.1, 0.15) is 0 Å². The molecule has 0 atom stereocenters. The van der Waals surface area contributed by atoms with E-state index in [1.807, 2.05) is 0 Å². The van der Waals surface area contributed by atoms with Gasteiger partial charge in [0.05, 0.1) is 20.1 Å². The van der Waals surface area contributed by atoms with E-state index in [1.54, 1.807) is 26.2 Å². The second-order valence-electron chi connectivity index (χ2n) is 3.51. The molecule has 0 spiro atoms. The van der Waals surface area contributed by atoms with Crippen LogP contribution in [0.25, 0.3) is 0 Å². The first-order valence-corrected chi connectivity index (χ1v) is 5.36. The summed E-state index contributed by atoms with van der Waals surface area (Å²) in [6.45, 7) is 2.33. The third kappa shape index (κ3) is 2.43. The standard InChI is InChI=1S/C12H14O5/c1-3-15-11(13)6-8-4-9(14-2)12-10(5-8)16-7-17-12/h4-5H,3,6-7H2,1-2H3. The Morgan fingerprint density at radius 1 is 1.41 bits per heavy atom. The van der Waals surface area contributed by atoms with Crippen molar-refractivity contribution in [2.75, 3.05) is 20.5 Å². The SMILES string of the molecule is CCOC(=O)Cc1cc(OC)c2c(c1)OCO2. The minimum Gasteiger partial charge on any atom is -0.493 e. The molecule has 0 fully saturated rings. The molecule has 0 bridgehead atoms. The van der Waals surface area contributed by atoms with Gasteiger partial charge in [0, 0.05) is 0 Å². The zero-order valence-corrected chi connectivity index (χ0v) is 9.82. The van der Waals surface area contributed by atoms with Crippen LogP contribution in [0.2, 0.25) is 0 Å². The maximum absolute atomic E-state index is 11.4. The lowest BCUT2D eigenvalue weighted by molar-refractivity contribution is -0.142. The number of esters is 1. The van der Waals surface area contributed by atoms with E-state index >= 15 is 0 Å². The maximum Gasteiger partial charge on any atom is 0.310 e. The molecular weight excluding hydrogens is 224 g/mol. The van der Waals surface area contributed by atoms with Crippen LogP contribution in [-0.4, -0.2) is 26.5 Å². The Morgan fingerprint density at radius 3 is 2.94 bits per heavy atom. The largest absolute Gasteiger partial charge is 0.493 e. The van der Waals surface area contributed by atoms with E-state index in [4.69, 9.17) is 18.9 Å². The fraction of sp³-hybridized carbons (Fsp3) is 0.417. The van der Waals surface area contributed by atoms with Gasteiger partial charge in [-0.1, -0.05) is 0 Å². The molecule has 0 saturated heterocycles. The Hall–Kier alpha value is -1.91. The fourth-order valence-corrected chi connectivity index (χ4v) is 1.66. The number of benzene rings is 1. The third-order valence-electron chi connectivity index (χ3n) is 2.37. The van der Waals surface area contributed by atoms with Crippen LogP contribution in [0.5, 0.6) is 17.2 Å². The van der Waals surface area contributed by atoms with Gasteiger partial charge >= 0.3 is 5.97 Å². The molecule has 17 heavy (non-hydrogen) atoms. The van der Waals surface area contributed by atoms with Gasteiger partial charge in [-0.3, -0.25) is 4.79 Å². The fourth-order valence-electron chi connectivity index (χ4n) is 1.66. The van der Waals surface area contributed by atoms with Gasteiger partial charge in [-0.15, -0.1) is 0 Å². The first-order valence-electron chi connectivity index (χ1n) is 5.36. The summed E-state index contributed by atoms with van der Waals surface area (Å²) in [6.07, 6.45) is 0.195. The summed E-state index contributed by atoms with van der Waals surface area (Å²) < 4.78 is 20.6. The van der Waals surface area contributed by atoms with E-state index < -0.39 is 0 Å². The molecule has 5 heteroatoms. The zero-order chi connectivity index (χ0) is 12.3. The number of methoxy groups -OCH3 is 1. The third-order valence-corrected chi connectivity index (χ3v) is 2.37. The minimum atomic E-state index is -0.270. The second kappa shape index (κ2) is 4.95. The van der Waals surface area contributed by atoms with Crippen molar-refractivity contribution < 1.29 is 23.7 Å². The molecule has 0 aromatic heterocycles. The number of fused-ring (bicyclic) bond motifs is 1. The van der Waals surface area contributed by atoms with Gasteiger partial charge in [-0.25, -0.2) is 0 Å². The highest BCUT2D eigenvalue weighted by molar-refractivity contribution is 5.73. The van der Waals surface area contributed by atoms with Gasteiger partial charge in [-0.05, 0) is 24.6 Å². The number of hydrogen-bond acceptors (Lipinski definition) is 5. The maximum atomic E-state index is 11.4. The van der Waals surface area contributed by atoms with Gasteiger partial charge < -0.3 is 18.9 Å². The normalized spacial score (nSPS) is 12.4. The van der Waals surface area contributed by atoms with Crippen molar-refractivity contribution in [1.82, 2.24) is 0 Å². The number of hydrogen-bond donors (Lipinski definition) is 0. The molecule has 0 unspecified atom stereocenters. The van der Waals surface area contributed by atoms with Crippen LogP contribution in [0, 0.1) is 0 Å². The van der Waals surface area contributed by atoms with E-state index in [2.05, 4.69) is 0 Å². The molecule has 0 radical (unpaired) electrons. The summed E-state index contributed by atoms with van der Waals surface area (Å²) in [4.78, 5) is 11.4. The van der Waals surface area contributed by atoms with E-state index in [0.717, 1.165) is 5.56 Å². The Labute approximate surface area is 99.2 Å². The molecule has 0 aliphatic carbocycles. The Balaban J connectivity index is 2.21. The predicted molar refractivity (Wildman–Crippen MR) is 59.5 cm³/mol. The van der Waals surface area contributed by atoms with Crippen LogP contribution in [0.15, 0.2) is 12.1 Å². The Bertz CT molecular complexity index is 427. The van der Waals surface area contributed by atoms with Crippen molar-refractivity contribution in [2.45, 2.75) is 13.3 Å². The van der Waals surface area contributed by atoms with Crippen LogP contribution >= 0.6 is 0 Å². The summed E-state index contributed by atoms with van der Waals surface area (Å²) >= 11 is 0. The highest BCUT2D eigenvalue weighted by Gasteiger charge is 2.20. The highest BCUT2D eigenvalue weighted by Crippen LogP contribution is 2.41. The van der Waals surface area contributed by atoms with Crippen LogP contribution in [0.3, 0.4) is 0 Å². The molecule has 92 valence electrons. The van der Waals surface area contributed by atoms with Crippen molar-refractivity contribution in [2.24, 2.45) is 0 Å². The molecule has 1 aliphatic rings. The molecule has 0 N–H and O–H groups in total. The monoisotopic (exact) mass is 238 g/mol. The van der Waals surface area contributed by atoms with Crippen LogP contribution in [0.4, 0.5) is 0 Å². The first kappa shape index (κ1) is 11.6. The highest BCUT2D eigenvalue weighted by atomic mass is 16.7. The smallest absolute Gasteiger partial charge is 0.310 e. The number of ether oxygens (including phenoxy) is 4.